The number of H-pyrrole nitrogens is 1. The van der Waals surface area contributed by atoms with Gasteiger partial charge in [-0.3, -0.25) is 9.59 Å². The van der Waals surface area contributed by atoms with Crippen molar-refractivity contribution in [2.24, 2.45) is 0 Å². The van der Waals surface area contributed by atoms with Crippen molar-refractivity contribution in [1.82, 2.24) is 29.0 Å². The van der Waals surface area contributed by atoms with Gasteiger partial charge in [0.25, 0.3) is 5.56 Å². The number of rotatable bonds is 8. The van der Waals surface area contributed by atoms with Crippen LogP contribution >= 0.6 is 0 Å². The molecule has 0 saturated carbocycles. The van der Waals surface area contributed by atoms with Crippen molar-refractivity contribution in [2.75, 3.05) is 13.1 Å². The molecule has 0 bridgehead atoms. The zero-order valence-corrected chi connectivity index (χ0v) is 25.7. The smallest absolute Gasteiger partial charge is 0.270 e. The summed E-state index contributed by atoms with van der Waals surface area (Å²) in [6, 6.07) is 25.8. The number of phenolic OH excluding ortho intramolecular Hbond substituents is 1. The second kappa shape index (κ2) is 11.2. The summed E-state index contributed by atoms with van der Waals surface area (Å²) in [5.41, 5.74) is 7.50. The molecular formula is C37H34N6O3. The van der Waals surface area contributed by atoms with Gasteiger partial charge in [0.15, 0.2) is 0 Å². The highest BCUT2D eigenvalue weighted by Crippen LogP contribution is 2.34. The zero-order chi connectivity index (χ0) is 31.4. The number of para-hydroxylation sites is 1. The number of phenols is 1. The summed E-state index contributed by atoms with van der Waals surface area (Å²) < 4.78 is 4.58. The maximum Gasteiger partial charge on any atom is 0.270 e. The summed E-state index contributed by atoms with van der Waals surface area (Å²) in [4.78, 5) is 40.3. The molecule has 9 heteroatoms. The lowest BCUT2D eigenvalue weighted by Crippen LogP contribution is -2.26. The Kier molecular flexibility index (Phi) is 6.82. The van der Waals surface area contributed by atoms with E-state index < -0.39 is 0 Å². The first-order chi connectivity index (χ1) is 22.5. The molecule has 0 aliphatic carbocycles. The molecule has 8 rings (SSSR count). The van der Waals surface area contributed by atoms with Crippen LogP contribution in [0.4, 0.5) is 0 Å². The number of aromatic hydroxyl groups is 1. The number of hydrogen-bond donors (Lipinski definition) is 2. The molecule has 0 atom stereocenters. The molecule has 0 unspecified atom stereocenters. The summed E-state index contributed by atoms with van der Waals surface area (Å²) >= 11 is 0. The van der Waals surface area contributed by atoms with Crippen molar-refractivity contribution in [2.45, 2.75) is 45.7 Å². The summed E-state index contributed by atoms with van der Waals surface area (Å²) in [7, 11) is 0. The Balaban J connectivity index is 1.25. The highest BCUT2D eigenvalue weighted by atomic mass is 16.3. The van der Waals surface area contributed by atoms with Crippen molar-refractivity contribution in [1.29, 1.82) is 0 Å². The van der Waals surface area contributed by atoms with Gasteiger partial charge in [0.2, 0.25) is 5.91 Å². The number of imidazole rings is 1. The Morgan fingerprint density at radius 2 is 1.65 bits per heavy atom. The van der Waals surface area contributed by atoms with E-state index in [2.05, 4.69) is 63.5 Å². The van der Waals surface area contributed by atoms with Crippen molar-refractivity contribution in [3.8, 4) is 17.1 Å². The van der Waals surface area contributed by atoms with Gasteiger partial charge in [-0.15, -0.1) is 0 Å². The third-order valence-corrected chi connectivity index (χ3v) is 9.27. The number of likely N-dealkylation sites (tertiary alicyclic amines) is 1. The Bertz CT molecular complexity index is 2350. The minimum atomic E-state index is -0.243. The van der Waals surface area contributed by atoms with Gasteiger partial charge in [-0.2, -0.15) is 0 Å². The van der Waals surface area contributed by atoms with Crippen LogP contribution in [0.25, 0.3) is 55.3 Å². The zero-order valence-electron chi connectivity index (χ0n) is 25.7. The summed E-state index contributed by atoms with van der Waals surface area (Å²) in [5, 5.41) is 12.1. The highest BCUT2D eigenvalue weighted by molar-refractivity contribution is 6.09. The number of carbonyl (C=O) groups is 1. The summed E-state index contributed by atoms with van der Waals surface area (Å²) in [6.45, 7) is 5.25. The number of hydrogen-bond acceptors (Lipinski definition) is 5. The van der Waals surface area contributed by atoms with E-state index in [1.165, 1.54) is 21.8 Å². The maximum atomic E-state index is 13.1. The molecule has 0 radical (unpaired) electrons. The van der Waals surface area contributed by atoms with Gasteiger partial charge >= 0.3 is 0 Å². The molecule has 1 saturated heterocycles. The van der Waals surface area contributed by atoms with Crippen LogP contribution in [0.3, 0.4) is 0 Å². The lowest BCUT2D eigenvalue weighted by atomic mass is 10.1. The fraction of sp³-hybridized carbons (Fsp3) is 0.243. The summed E-state index contributed by atoms with van der Waals surface area (Å²) in [6.07, 6.45) is 2.70. The first kappa shape index (κ1) is 28.1. The lowest BCUT2D eigenvalue weighted by Gasteiger charge is -2.16. The van der Waals surface area contributed by atoms with Gasteiger partial charge in [0.05, 0.1) is 22.1 Å². The van der Waals surface area contributed by atoms with Gasteiger partial charge < -0.3 is 24.1 Å². The van der Waals surface area contributed by atoms with Crippen LogP contribution in [0.1, 0.15) is 37.4 Å². The molecule has 1 aliphatic rings. The average Bonchev–Trinajstić information content (AvgIpc) is 3.74. The monoisotopic (exact) mass is 610 g/mol. The van der Waals surface area contributed by atoms with Crippen LogP contribution in [0.15, 0.2) is 83.7 Å². The summed E-state index contributed by atoms with van der Waals surface area (Å²) in [5.74, 6) is 1.26. The van der Waals surface area contributed by atoms with Crippen molar-refractivity contribution >= 4 is 49.8 Å². The number of nitrogens with one attached hydrogen (secondary N) is 1. The van der Waals surface area contributed by atoms with E-state index in [0.717, 1.165) is 53.9 Å². The minimum Gasteiger partial charge on any atom is -0.508 e. The van der Waals surface area contributed by atoms with Crippen LogP contribution in [0, 0.1) is 0 Å². The molecule has 46 heavy (non-hydrogen) atoms. The number of amides is 1. The number of aromatic nitrogens is 5. The topological polar surface area (TPSA) is 109 Å². The number of fused-ring (bicyclic) bond motifs is 5. The van der Waals surface area contributed by atoms with E-state index in [1.807, 2.05) is 17.0 Å². The molecule has 4 heterocycles. The Hall–Kier alpha value is -5.44. The standard InChI is InChI=1S/C37H34N6O3/c1-2-42-32-8-4-3-7-26(32)27-20-24(12-15-33(27)42)36-39-30-21-28-29(22-34(30)43(36)18-6-17-41-16-5-9-35(41)45)38-31(37(46)40-28)19-23-10-13-25(44)14-11-23/h3-4,7-8,10-15,20-22,44H,2,5-6,9,16-19H2,1H3,(H,40,46). The first-order valence-corrected chi connectivity index (χ1v) is 16.0. The van der Waals surface area contributed by atoms with Gasteiger partial charge in [-0.25, -0.2) is 9.97 Å². The average molecular weight is 611 g/mol. The fourth-order valence-electron chi connectivity index (χ4n) is 7.01. The molecule has 3 aromatic heterocycles. The molecular weight excluding hydrogens is 576 g/mol. The fourth-order valence-corrected chi connectivity index (χ4v) is 7.01. The number of benzene rings is 4. The van der Waals surface area contributed by atoms with Crippen LogP contribution < -0.4 is 5.56 Å². The van der Waals surface area contributed by atoms with Crippen molar-refractivity contribution in [3.05, 3.63) is 100 Å². The highest BCUT2D eigenvalue weighted by Gasteiger charge is 2.21. The SMILES string of the molecule is CCn1c2ccccc2c2cc(-c3nc4cc5[nH]c(=O)c(Cc6ccc(O)cc6)nc5cc4n3CCCN3CCCC3=O)ccc21. The van der Waals surface area contributed by atoms with Gasteiger partial charge in [0, 0.05) is 66.4 Å². The number of aryl methyl sites for hydroxylation is 2. The molecule has 1 aliphatic heterocycles. The second-order valence-corrected chi connectivity index (χ2v) is 12.1. The van der Waals surface area contributed by atoms with Gasteiger partial charge in [0.1, 0.15) is 17.3 Å². The van der Waals surface area contributed by atoms with E-state index in [4.69, 9.17) is 9.97 Å². The number of carbonyl (C=O) groups excluding carboxylic acids is 1. The lowest BCUT2D eigenvalue weighted by molar-refractivity contribution is -0.127. The Labute approximate surface area is 264 Å². The largest absolute Gasteiger partial charge is 0.508 e. The van der Waals surface area contributed by atoms with Crippen molar-refractivity contribution in [3.63, 3.8) is 0 Å². The molecule has 1 fully saturated rings. The Morgan fingerprint density at radius 3 is 2.46 bits per heavy atom. The number of aromatic amines is 1. The predicted molar refractivity (Wildman–Crippen MR) is 181 cm³/mol. The third kappa shape index (κ3) is 4.79. The maximum absolute atomic E-state index is 13.1. The van der Waals surface area contributed by atoms with E-state index in [9.17, 15) is 14.7 Å². The Morgan fingerprint density at radius 1 is 0.826 bits per heavy atom. The second-order valence-electron chi connectivity index (χ2n) is 12.1. The van der Waals surface area contributed by atoms with Gasteiger partial charge in [-0.05, 0) is 73.9 Å². The van der Waals surface area contributed by atoms with Crippen LogP contribution in [0.5, 0.6) is 5.75 Å². The quantitative estimate of drug-likeness (QED) is 0.208. The molecule has 0 spiro atoms. The van der Waals surface area contributed by atoms with E-state index in [-0.39, 0.29) is 17.2 Å². The normalized spacial score (nSPS) is 13.7. The van der Waals surface area contributed by atoms with E-state index in [0.29, 0.717) is 42.7 Å². The molecule has 1 amide bonds. The van der Waals surface area contributed by atoms with Crippen molar-refractivity contribution < 1.29 is 9.90 Å². The van der Waals surface area contributed by atoms with E-state index >= 15 is 0 Å². The molecule has 4 aromatic carbocycles. The molecule has 9 nitrogen and oxygen atoms in total. The van der Waals surface area contributed by atoms with Gasteiger partial charge in [-0.1, -0.05) is 30.3 Å². The first-order valence-electron chi connectivity index (χ1n) is 16.0. The molecule has 7 aromatic rings. The molecule has 230 valence electrons. The third-order valence-electron chi connectivity index (χ3n) is 9.27. The van der Waals surface area contributed by atoms with Crippen LogP contribution in [-0.4, -0.2) is 53.1 Å². The predicted octanol–water partition coefficient (Wildman–Crippen LogP) is 6.38. The van der Waals surface area contributed by atoms with Crippen LogP contribution in [-0.2, 0) is 24.3 Å². The number of nitrogens with zero attached hydrogens (tertiary/aromatic N) is 5. The minimum absolute atomic E-state index is 0.181. The van der Waals surface area contributed by atoms with E-state index in [1.54, 1.807) is 24.3 Å². The van der Waals surface area contributed by atoms with Crippen LogP contribution in [0.2, 0.25) is 0 Å². The molecule has 2 N–H and O–H groups in total.